The predicted octanol–water partition coefficient (Wildman–Crippen LogP) is 2.96. The minimum Gasteiger partial charge on any atom is -0.335 e. The van der Waals surface area contributed by atoms with Gasteiger partial charge in [0.05, 0.1) is 12.6 Å². The van der Waals surface area contributed by atoms with Crippen molar-refractivity contribution in [2.24, 2.45) is 0 Å². The van der Waals surface area contributed by atoms with Gasteiger partial charge in [0.2, 0.25) is 11.8 Å². The van der Waals surface area contributed by atoms with Crippen molar-refractivity contribution in [2.75, 3.05) is 51.6 Å². The minimum absolute atomic E-state index is 0.00837. The van der Waals surface area contributed by atoms with Crippen LogP contribution in [0.15, 0.2) is 41.8 Å². The number of para-hydroxylation sites is 1. The highest BCUT2D eigenvalue weighted by Gasteiger charge is 2.28. The van der Waals surface area contributed by atoms with Gasteiger partial charge < -0.3 is 15.1 Å². The number of rotatable bonds is 9. The van der Waals surface area contributed by atoms with Gasteiger partial charge in [-0.05, 0) is 42.8 Å². The normalized spacial score (nSPS) is 16.1. The first-order valence-electron chi connectivity index (χ1n) is 11.1. The van der Waals surface area contributed by atoms with Crippen LogP contribution in [-0.4, -0.2) is 78.9 Å². The molecule has 1 aromatic heterocycles. The number of nitrogens with one attached hydrogen (secondary N) is 1. The molecule has 6 nitrogen and oxygen atoms in total. The lowest BCUT2D eigenvalue weighted by Gasteiger charge is -2.38. The summed E-state index contributed by atoms with van der Waals surface area (Å²) >= 11 is 1.81. The SMILES string of the molecule is CCc1ccccc1NC(=O)CN(C)C(=O)C(C)N1CCN(CCc2cccs2)CC1. The van der Waals surface area contributed by atoms with Gasteiger partial charge in [0.1, 0.15) is 0 Å². The molecule has 0 spiro atoms. The Morgan fingerprint density at radius 2 is 1.87 bits per heavy atom. The van der Waals surface area contributed by atoms with Crippen molar-refractivity contribution in [2.45, 2.75) is 32.7 Å². The summed E-state index contributed by atoms with van der Waals surface area (Å²) in [4.78, 5) is 33.0. The maximum Gasteiger partial charge on any atom is 0.243 e. The Morgan fingerprint density at radius 1 is 1.13 bits per heavy atom. The van der Waals surface area contributed by atoms with Gasteiger partial charge in [-0.15, -0.1) is 11.3 Å². The Labute approximate surface area is 189 Å². The molecule has 0 bridgehead atoms. The summed E-state index contributed by atoms with van der Waals surface area (Å²) in [5, 5.41) is 5.07. The molecule has 3 rings (SSSR count). The zero-order chi connectivity index (χ0) is 22.2. The summed E-state index contributed by atoms with van der Waals surface area (Å²) in [5.74, 6) is -0.173. The summed E-state index contributed by atoms with van der Waals surface area (Å²) in [5.41, 5.74) is 1.91. The molecule has 7 heteroatoms. The highest BCUT2D eigenvalue weighted by molar-refractivity contribution is 7.09. The predicted molar refractivity (Wildman–Crippen MR) is 128 cm³/mol. The average Bonchev–Trinajstić information content (AvgIpc) is 3.31. The maximum atomic E-state index is 12.9. The molecular formula is C24H34N4O2S. The Morgan fingerprint density at radius 3 is 2.55 bits per heavy atom. The third-order valence-electron chi connectivity index (χ3n) is 6.00. The molecule has 1 aliphatic rings. The Bertz CT molecular complexity index is 847. The van der Waals surface area contributed by atoms with Gasteiger partial charge in [0, 0.05) is 50.3 Å². The number of likely N-dealkylation sites (N-methyl/N-ethyl adjacent to an activating group) is 1. The molecule has 1 aliphatic heterocycles. The second kappa shape index (κ2) is 11.4. The molecule has 31 heavy (non-hydrogen) atoms. The lowest BCUT2D eigenvalue weighted by atomic mass is 10.1. The molecule has 0 radical (unpaired) electrons. The summed E-state index contributed by atoms with van der Waals surface area (Å²) in [7, 11) is 1.71. The van der Waals surface area contributed by atoms with E-state index >= 15 is 0 Å². The maximum absolute atomic E-state index is 12.9. The van der Waals surface area contributed by atoms with Crippen LogP contribution in [0.4, 0.5) is 5.69 Å². The van der Waals surface area contributed by atoms with Gasteiger partial charge in [0.25, 0.3) is 0 Å². The molecule has 1 unspecified atom stereocenters. The quantitative estimate of drug-likeness (QED) is 0.649. The second-order valence-corrected chi connectivity index (χ2v) is 9.17. The van der Waals surface area contributed by atoms with Crippen molar-refractivity contribution < 1.29 is 9.59 Å². The standard InChI is InChI=1S/C24H34N4O2S/c1-4-20-8-5-6-10-22(20)25-23(29)18-26(3)24(30)19(2)28-15-13-27(14-16-28)12-11-21-9-7-17-31-21/h5-10,17,19H,4,11-16,18H2,1-3H3,(H,25,29). The van der Waals surface area contributed by atoms with Crippen LogP contribution in [0.2, 0.25) is 0 Å². The summed E-state index contributed by atoms with van der Waals surface area (Å²) in [6.07, 6.45) is 1.94. The number of aryl methyl sites for hydroxylation is 1. The number of nitrogens with zero attached hydrogens (tertiary/aromatic N) is 3. The molecule has 2 amide bonds. The number of piperazine rings is 1. The number of amides is 2. The van der Waals surface area contributed by atoms with Crippen LogP contribution in [0.3, 0.4) is 0 Å². The van der Waals surface area contributed by atoms with E-state index in [1.807, 2.05) is 42.5 Å². The molecule has 1 N–H and O–H groups in total. The first-order valence-corrected chi connectivity index (χ1v) is 12.0. The molecule has 2 heterocycles. The average molecular weight is 443 g/mol. The number of hydrogen-bond donors (Lipinski definition) is 1. The first-order chi connectivity index (χ1) is 15.0. The van der Waals surface area contributed by atoms with Gasteiger partial charge in [-0.3, -0.25) is 14.5 Å². The lowest BCUT2D eigenvalue weighted by molar-refractivity contribution is -0.138. The number of anilines is 1. The van der Waals surface area contributed by atoms with Crippen molar-refractivity contribution in [3.05, 3.63) is 52.2 Å². The van der Waals surface area contributed by atoms with Crippen molar-refractivity contribution in [1.82, 2.24) is 14.7 Å². The van der Waals surface area contributed by atoms with E-state index in [0.717, 1.165) is 56.8 Å². The Balaban J connectivity index is 1.43. The summed E-state index contributed by atoms with van der Waals surface area (Å²) in [6, 6.07) is 11.9. The van der Waals surface area contributed by atoms with Gasteiger partial charge in [-0.25, -0.2) is 0 Å². The largest absolute Gasteiger partial charge is 0.335 e. The monoisotopic (exact) mass is 442 g/mol. The van der Waals surface area contributed by atoms with Crippen molar-refractivity contribution in [3.8, 4) is 0 Å². The summed E-state index contributed by atoms with van der Waals surface area (Å²) < 4.78 is 0. The van der Waals surface area contributed by atoms with Crippen molar-refractivity contribution in [1.29, 1.82) is 0 Å². The third kappa shape index (κ3) is 6.63. The van der Waals surface area contributed by atoms with Gasteiger partial charge in [0.15, 0.2) is 0 Å². The molecule has 0 aliphatic carbocycles. The van der Waals surface area contributed by atoms with Crippen LogP contribution in [-0.2, 0) is 22.4 Å². The van der Waals surface area contributed by atoms with E-state index in [1.165, 1.54) is 9.78 Å². The van der Waals surface area contributed by atoms with E-state index < -0.39 is 0 Å². The molecule has 2 aromatic rings. The van der Waals surface area contributed by atoms with Crippen LogP contribution < -0.4 is 5.32 Å². The molecule has 1 aromatic carbocycles. The van der Waals surface area contributed by atoms with Crippen LogP contribution in [0.25, 0.3) is 0 Å². The minimum atomic E-state index is -0.222. The molecule has 1 fully saturated rings. The number of thiophene rings is 1. The van der Waals surface area contributed by atoms with E-state index in [1.54, 1.807) is 7.05 Å². The topological polar surface area (TPSA) is 55.9 Å². The van der Waals surface area contributed by atoms with E-state index in [-0.39, 0.29) is 24.4 Å². The third-order valence-corrected chi connectivity index (χ3v) is 6.93. The number of benzene rings is 1. The van der Waals surface area contributed by atoms with E-state index in [4.69, 9.17) is 0 Å². The highest BCUT2D eigenvalue weighted by atomic mass is 32.1. The fourth-order valence-corrected chi connectivity index (χ4v) is 4.70. The van der Waals surface area contributed by atoms with E-state index in [2.05, 4.69) is 39.6 Å². The highest BCUT2D eigenvalue weighted by Crippen LogP contribution is 2.16. The van der Waals surface area contributed by atoms with Crippen LogP contribution in [0, 0.1) is 0 Å². The molecule has 168 valence electrons. The number of hydrogen-bond acceptors (Lipinski definition) is 5. The second-order valence-electron chi connectivity index (χ2n) is 8.14. The summed E-state index contributed by atoms with van der Waals surface area (Å²) in [6.45, 7) is 8.83. The van der Waals surface area contributed by atoms with Crippen LogP contribution in [0.1, 0.15) is 24.3 Å². The zero-order valence-electron chi connectivity index (χ0n) is 18.8. The zero-order valence-corrected chi connectivity index (χ0v) is 19.7. The van der Waals surface area contributed by atoms with Crippen molar-refractivity contribution >= 4 is 28.8 Å². The molecule has 1 atom stereocenters. The smallest absolute Gasteiger partial charge is 0.243 e. The van der Waals surface area contributed by atoms with E-state index in [9.17, 15) is 9.59 Å². The van der Waals surface area contributed by atoms with Gasteiger partial charge >= 0.3 is 0 Å². The lowest BCUT2D eigenvalue weighted by Crippen LogP contribution is -2.54. The van der Waals surface area contributed by atoms with Crippen molar-refractivity contribution in [3.63, 3.8) is 0 Å². The number of carbonyl (C=O) groups is 2. The fraction of sp³-hybridized carbons (Fsp3) is 0.500. The van der Waals surface area contributed by atoms with Gasteiger partial charge in [-0.1, -0.05) is 31.2 Å². The van der Waals surface area contributed by atoms with Crippen LogP contribution >= 0.6 is 11.3 Å². The van der Waals surface area contributed by atoms with Crippen LogP contribution in [0.5, 0.6) is 0 Å². The van der Waals surface area contributed by atoms with Gasteiger partial charge in [-0.2, -0.15) is 0 Å². The Kier molecular flexibility index (Phi) is 8.63. The number of carbonyl (C=O) groups excluding carboxylic acids is 2. The first kappa shape index (κ1) is 23.4. The van der Waals surface area contributed by atoms with E-state index in [0.29, 0.717) is 0 Å². The molecule has 0 saturated carbocycles. The Hall–Kier alpha value is -2.22. The fourth-order valence-electron chi connectivity index (χ4n) is 4.01. The molecule has 1 saturated heterocycles. The molecular weight excluding hydrogens is 408 g/mol.